The van der Waals surface area contributed by atoms with Gasteiger partial charge in [0.05, 0.1) is 6.61 Å². The Hall–Kier alpha value is -2.14. The summed E-state index contributed by atoms with van der Waals surface area (Å²) < 4.78 is 5.88. The Labute approximate surface area is 131 Å². The molecule has 0 radical (unpaired) electrons. The highest BCUT2D eigenvalue weighted by Crippen LogP contribution is 2.22. The van der Waals surface area contributed by atoms with Gasteiger partial charge in [0.15, 0.2) is 5.82 Å². The van der Waals surface area contributed by atoms with Crippen LogP contribution in [0.4, 0.5) is 5.82 Å². The molecule has 116 valence electrons. The zero-order valence-corrected chi connectivity index (χ0v) is 12.7. The van der Waals surface area contributed by atoms with Crippen LogP contribution in [0.25, 0.3) is 0 Å². The molecule has 0 saturated carbocycles. The third-order valence-electron chi connectivity index (χ3n) is 3.75. The van der Waals surface area contributed by atoms with E-state index in [9.17, 15) is 0 Å². The molecule has 0 bridgehead atoms. The molecule has 2 heterocycles. The maximum absolute atomic E-state index is 5.88. The number of rotatable bonds is 6. The standard InChI is InChI=1S/C17H22N4O/c1-2-5-15(6-3-1)7-4-14-22-17-16(19-8-9-20-17)21-12-10-18-11-13-21/h1-3,5-6,8-9,18H,4,7,10-14H2. The molecule has 3 rings (SSSR count). The highest BCUT2D eigenvalue weighted by Gasteiger charge is 2.17. The van der Waals surface area contributed by atoms with Crippen molar-refractivity contribution in [1.29, 1.82) is 0 Å². The van der Waals surface area contributed by atoms with Crippen molar-refractivity contribution >= 4 is 5.82 Å². The van der Waals surface area contributed by atoms with E-state index in [0.717, 1.165) is 44.8 Å². The van der Waals surface area contributed by atoms with Crippen LogP contribution in [0.3, 0.4) is 0 Å². The summed E-state index contributed by atoms with van der Waals surface area (Å²) in [4.78, 5) is 11.0. The van der Waals surface area contributed by atoms with Gasteiger partial charge in [-0.15, -0.1) is 0 Å². The highest BCUT2D eigenvalue weighted by atomic mass is 16.5. The van der Waals surface area contributed by atoms with Crippen LogP contribution >= 0.6 is 0 Å². The lowest BCUT2D eigenvalue weighted by molar-refractivity contribution is 0.298. The Morgan fingerprint density at radius 3 is 2.64 bits per heavy atom. The van der Waals surface area contributed by atoms with Gasteiger partial charge in [-0.2, -0.15) is 0 Å². The number of hydrogen-bond donors (Lipinski definition) is 1. The van der Waals surface area contributed by atoms with Crippen LogP contribution in [0.5, 0.6) is 5.88 Å². The van der Waals surface area contributed by atoms with Crippen molar-refractivity contribution in [3.05, 3.63) is 48.3 Å². The van der Waals surface area contributed by atoms with Crippen molar-refractivity contribution in [2.75, 3.05) is 37.7 Å². The Balaban J connectivity index is 1.53. The lowest BCUT2D eigenvalue weighted by Gasteiger charge is -2.28. The van der Waals surface area contributed by atoms with E-state index in [0.29, 0.717) is 12.5 Å². The van der Waals surface area contributed by atoms with E-state index < -0.39 is 0 Å². The maximum Gasteiger partial charge on any atom is 0.257 e. The van der Waals surface area contributed by atoms with Crippen LogP contribution < -0.4 is 15.0 Å². The fourth-order valence-corrected chi connectivity index (χ4v) is 2.60. The number of aromatic nitrogens is 2. The van der Waals surface area contributed by atoms with Crippen LogP contribution in [0.1, 0.15) is 12.0 Å². The average molecular weight is 298 g/mol. The summed E-state index contributed by atoms with van der Waals surface area (Å²) in [5, 5.41) is 3.34. The minimum atomic E-state index is 0.650. The van der Waals surface area contributed by atoms with Gasteiger partial charge in [0.1, 0.15) is 0 Å². The van der Waals surface area contributed by atoms with E-state index in [1.54, 1.807) is 12.4 Å². The van der Waals surface area contributed by atoms with Crippen molar-refractivity contribution in [2.45, 2.75) is 12.8 Å². The third-order valence-corrected chi connectivity index (χ3v) is 3.75. The van der Waals surface area contributed by atoms with Crippen molar-refractivity contribution in [3.8, 4) is 5.88 Å². The largest absolute Gasteiger partial charge is 0.475 e. The summed E-state index contributed by atoms with van der Waals surface area (Å²) in [6.45, 7) is 4.50. The summed E-state index contributed by atoms with van der Waals surface area (Å²) in [6, 6.07) is 10.5. The Morgan fingerprint density at radius 1 is 1.05 bits per heavy atom. The molecule has 1 aromatic carbocycles. The molecule has 0 amide bonds. The number of benzene rings is 1. The van der Waals surface area contributed by atoms with Gasteiger partial charge >= 0.3 is 0 Å². The first-order chi connectivity index (χ1) is 10.9. The summed E-state index contributed by atoms with van der Waals surface area (Å²) in [6.07, 6.45) is 5.41. The topological polar surface area (TPSA) is 50.3 Å². The lowest BCUT2D eigenvalue weighted by atomic mass is 10.1. The first kappa shape index (κ1) is 14.8. The van der Waals surface area contributed by atoms with E-state index >= 15 is 0 Å². The van der Waals surface area contributed by atoms with Gasteiger partial charge in [-0.25, -0.2) is 9.97 Å². The second-order valence-electron chi connectivity index (χ2n) is 5.36. The second kappa shape index (κ2) is 7.75. The van der Waals surface area contributed by atoms with Gasteiger partial charge < -0.3 is 15.0 Å². The molecule has 1 aliphatic heterocycles. The molecule has 5 heteroatoms. The minimum absolute atomic E-state index is 0.650. The summed E-state index contributed by atoms with van der Waals surface area (Å²) in [7, 11) is 0. The van der Waals surface area contributed by atoms with Crippen molar-refractivity contribution in [2.24, 2.45) is 0 Å². The third kappa shape index (κ3) is 3.95. The first-order valence-corrected chi connectivity index (χ1v) is 7.87. The van der Waals surface area contributed by atoms with E-state index in [1.807, 2.05) is 6.07 Å². The molecule has 2 aromatic rings. The van der Waals surface area contributed by atoms with Crippen molar-refractivity contribution in [3.63, 3.8) is 0 Å². The van der Waals surface area contributed by atoms with E-state index in [2.05, 4.69) is 44.5 Å². The molecule has 1 aliphatic rings. The van der Waals surface area contributed by atoms with Gasteiger partial charge in [-0.05, 0) is 18.4 Å². The fourth-order valence-electron chi connectivity index (χ4n) is 2.60. The molecule has 0 spiro atoms. The van der Waals surface area contributed by atoms with Gasteiger partial charge in [0.2, 0.25) is 0 Å². The number of nitrogens with one attached hydrogen (secondary N) is 1. The second-order valence-corrected chi connectivity index (χ2v) is 5.36. The number of piperazine rings is 1. The van der Waals surface area contributed by atoms with Crippen LogP contribution in [-0.4, -0.2) is 42.8 Å². The smallest absolute Gasteiger partial charge is 0.257 e. The zero-order valence-electron chi connectivity index (χ0n) is 12.7. The zero-order chi connectivity index (χ0) is 15.0. The molecular weight excluding hydrogens is 276 g/mol. The monoisotopic (exact) mass is 298 g/mol. The quantitative estimate of drug-likeness (QED) is 0.826. The van der Waals surface area contributed by atoms with Gasteiger partial charge in [0.25, 0.3) is 5.88 Å². The fraction of sp³-hybridized carbons (Fsp3) is 0.412. The average Bonchev–Trinajstić information content (AvgIpc) is 2.61. The molecule has 0 aliphatic carbocycles. The SMILES string of the molecule is c1ccc(CCCOc2nccnc2N2CCNCC2)cc1. The molecule has 1 saturated heterocycles. The number of anilines is 1. The molecule has 1 N–H and O–H groups in total. The van der Waals surface area contributed by atoms with Crippen LogP contribution in [0.2, 0.25) is 0 Å². The van der Waals surface area contributed by atoms with E-state index in [-0.39, 0.29) is 0 Å². The minimum Gasteiger partial charge on any atom is -0.475 e. The molecule has 22 heavy (non-hydrogen) atoms. The summed E-state index contributed by atoms with van der Waals surface area (Å²) in [5.41, 5.74) is 1.34. The summed E-state index contributed by atoms with van der Waals surface area (Å²) >= 11 is 0. The Morgan fingerprint density at radius 2 is 1.82 bits per heavy atom. The highest BCUT2D eigenvalue weighted by molar-refractivity contribution is 5.48. The normalized spacial score (nSPS) is 14.8. The molecule has 1 fully saturated rings. The predicted molar refractivity (Wildman–Crippen MR) is 87.4 cm³/mol. The molecule has 0 atom stereocenters. The first-order valence-electron chi connectivity index (χ1n) is 7.87. The Bertz CT molecular complexity index is 570. The number of ether oxygens (including phenoxy) is 1. The van der Waals surface area contributed by atoms with Gasteiger partial charge in [-0.3, -0.25) is 0 Å². The number of nitrogens with zero attached hydrogens (tertiary/aromatic N) is 3. The Kier molecular flexibility index (Phi) is 5.21. The van der Waals surface area contributed by atoms with E-state index in [1.165, 1.54) is 5.56 Å². The van der Waals surface area contributed by atoms with E-state index in [4.69, 9.17) is 4.74 Å². The maximum atomic E-state index is 5.88. The predicted octanol–water partition coefficient (Wildman–Crippen LogP) is 1.90. The summed E-state index contributed by atoms with van der Waals surface area (Å²) in [5.74, 6) is 1.51. The van der Waals surface area contributed by atoms with Crippen molar-refractivity contribution in [1.82, 2.24) is 15.3 Å². The number of hydrogen-bond acceptors (Lipinski definition) is 5. The van der Waals surface area contributed by atoms with Crippen LogP contribution in [0, 0.1) is 0 Å². The molecule has 1 aromatic heterocycles. The van der Waals surface area contributed by atoms with Gasteiger partial charge in [0, 0.05) is 38.6 Å². The number of aryl methyl sites for hydroxylation is 1. The molecule has 0 unspecified atom stereocenters. The van der Waals surface area contributed by atoms with Crippen molar-refractivity contribution < 1.29 is 4.74 Å². The van der Waals surface area contributed by atoms with Gasteiger partial charge in [-0.1, -0.05) is 30.3 Å². The molecule has 5 nitrogen and oxygen atoms in total. The van der Waals surface area contributed by atoms with Crippen LogP contribution in [-0.2, 0) is 6.42 Å². The lowest BCUT2D eigenvalue weighted by Crippen LogP contribution is -2.44. The van der Waals surface area contributed by atoms with Crippen LogP contribution in [0.15, 0.2) is 42.7 Å². The molecular formula is C17H22N4O.